The van der Waals surface area contributed by atoms with E-state index in [0.717, 1.165) is 6.29 Å². The Hall–Kier alpha value is -1.55. The Kier molecular flexibility index (Phi) is 2.66. The normalized spacial score (nSPS) is 9.17. The van der Waals surface area contributed by atoms with E-state index in [0.29, 0.717) is 17.1 Å². The van der Waals surface area contributed by atoms with Crippen molar-refractivity contribution in [2.45, 2.75) is 0 Å². The second-order valence-corrected chi connectivity index (χ2v) is 2.15. The lowest BCUT2D eigenvalue weighted by atomic mass is 10.2. The van der Waals surface area contributed by atoms with Crippen molar-refractivity contribution >= 4 is 6.29 Å². The molecular weight excluding hydrogens is 158 g/mol. The number of methoxy groups -OCH3 is 1. The Morgan fingerprint density at radius 3 is 2.67 bits per heavy atom. The Balaban J connectivity index is 3.10. The fourth-order valence-corrected chi connectivity index (χ4v) is 0.855. The third-order valence-corrected chi connectivity index (χ3v) is 1.45. The van der Waals surface area contributed by atoms with Crippen LogP contribution in [0.3, 0.4) is 0 Å². The van der Waals surface area contributed by atoms with Gasteiger partial charge in [-0.05, 0) is 18.2 Å². The molecule has 0 saturated heterocycles. The molecule has 0 spiro atoms. The Morgan fingerprint density at radius 1 is 1.42 bits per heavy atom. The third-order valence-electron chi connectivity index (χ3n) is 1.45. The molecule has 0 unspecified atom stereocenters. The maximum Gasteiger partial charge on any atom is 0.188 e. The van der Waals surface area contributed by atoms with Crippen LogP contribution in [0.25, 0.3) is 0 Å². The molecule has 0 atom stereocenters. The average Bonchev–Trinajstić information content (AvgIpc) is 2.16. The van der Waals surface area contributed by atoms with Crippen LogP contribution in [0.15, 0.2) is 18.2 Å². The van der Waals surface area contributed by atoms with E-state index in [2.05, 4.69) is 4.84 Å². The number of rotatable bonds is 3. The molecule has 0 aliphatic rings. The Bertz CT molecular complexity index is 286. The maximum atomic E-state index is 10.3. The Labute approximate surface area is 69.8 Å². The first kappa shape index (κ1) is 8.55. The number of ether oxygens (including phenoxy) is 1. The van der Waals surface area contributed by atoms with Gasteiger partial charge in [0.15, 0.2) is 11.5 Å². The molecule has 0 amide bonds. The number of hydrogen-bond donors (Lipinski definition) is 1. The van der Waals surface area contributed by atoms with E-state index in [1.54, 1.807) is 18.2 Å². The van der Waals surface area contributed by atoms with E-state index < -0.39 is 0 Å². The monoisotopic (exact) mass is 167 g/mol. The summed E-state index contributed by atoms with van der Waals surface area (Å²) in [6.07, 6.45) is 0.725. The van der Waals surface area contributed by atoms with Crippen LogP contribution < -0.4 is 15.5 Å². The van der Waals surface area contributed by atoms with Crippen molar-refractivity contribution < 1.29 is 14.4 Å². The molecule has 1 rings (SSSR count). The van der Waals surface area contributed by atoms with Crippen molar-refractivity contribution in [2.75, 3.05) is 7.11 Å². The highest BCUT2D eigenvalue weighted by Crippen LogP contribution is 2.26. The van der Waals surface area contributed by atoms with Gasteiger partial charge >= 0.3 is 0 Å². The van der Waals surface area contributed by atoms with Crippen LogP contribution in [0.2, 0.25) is 0 Å². The van der Waals surface area contributed by atoms with Crippen LogP contribution in [0, 0.1) is 0 Å². The third kappa shape index (κ3) is 1.54. The summed E-state index contributed by atoms with van der Waals surface area (Å²) < 4.78 is 4.91. The van der Waals surface area contributed by atoms with E-state index in [4.69, 9.17) is 10.6 Å². The second-order valence-electron chi connectivity index (χ2n) is 2.15. The van der Waals surface area contributed by atoms with Crippen molar-refractivity contribution in [3.63, 3.8) is 0 Å². The van der Waals surface area contributed by atoms with Crippen molar-refractivity contribution in [3.8, 4) is 11.5 Å². The maximum absolute atomic E-state index is 10.3. The number of carbonyl (C=O) groups is 1. The van der Waals surface area contributed by atoms with Gasteiger partial charge in [-0.1, -0.05) is 0 Å². The number of benzene rings is 1. The fraction of sp³-hybridized carbons (Fsp3) is 0.125. The summed E-state index contributed by atoms with van der Waals surface area (Å²) in [5.74, 6) is 5.80. The molecule has 0 bridgehead atoms. The lowest BCUT2D eigenvalue weighted by Crippen LogP contribution is -2.03. The zero-order valence-electron chi connectivity index (χ0n) is 6.61. The van der Waals surface area contributed by atoms with Gasteiger partial charge in [0.1, 0.15) is 6.29 Å². The van der Waals surface area contributed by atoms with Gasteiger partial charge in [0, 0.05) is 5.56 Å². The molecule has 1 aromatic rings. The molecule has 1 aromatic carbocycles. The fourth-order valence-electron chi connectivity index (χ4n) is 0.855. The van der Waals surface area contributed by atoms with Gasteiger partial charge in [-0.25, -0.2) is 0 Å². The molecule has 0 fully saturated rings. The standard InChI is InChI=1S/C8H9NO3/c1-11-8-4-6(5-10)2-3-7(8)12-9/h2-5H,9H2,1H3. The quantitative estimate of drug-likeness (QED) is 0.533. The highest BCUT2D eigenvalue weighted by Gasteiger charge is 2.03. The molecule has 0 radical (unpaired) electrons. The van der Waals surface area contributed by atoms with Crippen molar-refractivity contribution in [1.29, 1.82) is 0 Å². The van der Waals surface area contributed by atoms with Crippen LogP contribution in [-0.2, 0) is 0 Å². The zero-order chi connectivity index (χ0) is 8.97. The summed E-state index contributed by atoms with van der Waals surface area (Å²) in [5.41, 5.74) is 0.521. The number of nitrogens with two attached hydrogens (primary N) is 1. The molecule has 0 heterocycles. The van der Waals surface area contributed by atoms with Crippen molar-refractivity contribution in [2.24, 2.45) is 5.90 Å². The largest absolute Gasteiger partial charge is 0.493 e. The SMILES string of the molecule is COc1cc(C=O)ccc1ON. The summed E-state index contributed by atoms with van der Waals surface area (Å²) in [4.78, 5) is 14.8. The molecule has 0 saturated carbocycles. The minimum Gasteiger partial charge on any atom is -0.493 e. The van der Waals surface area contributed by atoms with Gasteiger partial charge in [-0.3, -0.25) is 4.79 Å². The summed E-state index contributed by atoms with van der Waals surface area (Å²) in [6.45, 7) is 0. The first-order valence-corrected chi connectivity index (χ1v) is 3.31. The molecular formula is C8H9NO3. The molecule has 0 aliphatic carbocycles. The number of hydrogen-bond acceptors (Lipinski definition) is 4. The van der Waals surface area contributed by atoms with E-state index in [1.165, 1.54) is 7.11 Å². The number of carbonyl (C=O) groups excluding carboxylic acids is 1. The predicted octanol–water partition coefficient (Wildman–Crippen LogP) is 0.760. The van der Waals surface area contributed by atoms with Crippen LogP contribution in [0.1, 0.15) is 10.4 Å². The molecule has 4 heteroatoms. The van der Waals surface area contributed by atoms with Crippen LogP contribution in [0.4, 0.5) is 0 Å². The van der Waals surface area contributed by atoms with Crippen molar-refractivity contribution in [3.05, 3.63) is 23.8 Å². The van der Waals surface area contributed by atoms with Crippen molar-refractivity contribution in [1.82, 2.24) is 0 Å². The van der Waals surface area contributed by atoms with Gasteiger partial charge < -0.3 is 9.57 Å². The summed E-state index contributed by atoms with van der Waals surface area (Å²) in [5, 5.41) is 0. The van der Waals surface area contributed by atoms with Gasteiger partial charge in [-0.2, -0.15) is 5.90 Å². The van der Waals surface area contributed by atoms with E-state index in [1.807, 2.05) is 0 Å². The minimum atomic E-state index is 0.406. The summed E-state index contributed by atoms with van der Waals surface area (Å²) >= 11 is 0. The van der Waals surface area contributed by atoms with Gasteiger partial charge in [-0.15, -0.1) is 0 Å². The molecule has 0 aromatic heterocycles. The summed E-state index contributed by atoms with van der Waals surface area (Å²) in [7, 11) is 1.48. The lowest BCUT2D eigenvalue weighted by Gasteiger charge is -2.05. The molecule has 0 aliphatic heterocycles. The lowest BCUT2D eigenvalue weighted by molar-refractivity contribution is 0.112. The van der Waals surface area contributed by atoms with Gasteiger partial charge in [0.2, 0.25) is 0 Å². The zero-order valence-corrected chi connectivity index (χ0v) is 6.61. The predicted molar refractivity (Wildman–Crippen MR) is 43.2 cm³/mol. The van der Waals surface area contributed by atoms with E-state index in [9.17, 15) is 4.79 Å². The molecule has 12 heavy (non-hydrogen) atoms. The highest BCUT2D eigenvalue weighted by atomic mass is 16.6. The van der Waals surface area contributed by atoms with E-state index in [-0.39, 0.29) is 0 Å². The van der Waals surface area contributed by atoms with Crippen LogP contribution >= 0.6 is 0 Å². The smallest absolute Gasteiger partial charge is 0.188 e. The molecule has 4 nitrogen and oxygen atoms in total. The van der Waals surface area contributed by atoms with Gasteiger partial charge in [0.25, 0.3) is 0 Å². The van der Waals surface area contributed by atoms with Crippen LogP contribution in [0.5, 0.6) is 11.5 Å². The van der Waals surface area contributed by atoms with Gasteiger partial charge in [0.05, 0.1) is 7.11 Å². The topological polar surface area (TPSA) is 61.5 Å². The minimum absolute atomic E-state index is 0.406. The second kappa shape index (κ2) is 3.73. The highest BCUT2D eigenvalue weighted by molar-refractivity contribution is 5.76. The average molecular weight is 167 g/mol. The summed E-state index contributed by atoms with van der Waals surface area (Å²) in [6, 6.07) is 4.72. The van der Waals surface area contributed by atoms with Crippen LogP contribution in [-0.4, -0.2) is 13.4 Å². The molecule has 64 valence electrons. The molecule has 2 N–H and O–H groups in total. The van der Waals surface area contributed by atoms with E-state index >= 15 is 0 Å². The first-order valence-electron chi connectivity index (χ1n) is 3.31. The first-order chi connectivity index (χ1) is 5.81. The number of aldehydes is 1. The Morgan fingerprint density at radius 2 is 2.17 bits per heavy atom.